The Morgan fingerprint density at radius 1 is 1.09 bits per heavy atom. The van der Waals surface area contributed by atoms with Crippen molar-refractivity contribution in [3.63, 3.8) is 0 Å². The molecule has 0 unspecified atom stereocenters. The summed E-state index contributed by atoms with van der Waals surface area (Å²) in [7, 11) is 0. The number of carboxylic acid groups (broad SMARTS) is 2. The highest BCUT2D eigenvalue weighted by Gasteiger charge is 2.17. The fourth-order valence-corrected chi connectivity index (χ4v) is 2.42. The van der Waals surface area contributed by atoms with Crippen LogP contribution in [0.2, 0.25) is 0 Å². The lowest BCUT2D eigenvalue weighted by Gasteiger charge is -2.32. The molecule has 0 saturated carbocycles. The van der Waals surface area contributed by atoms with Gasteiger partial charge in [-0.25, -0.2) is 9.59 Å². The smallest absolute Gasteiger partial charge is 0.414 e. The number of hydrogen-bond donors (Lipinski definition) is 3. The van der Waals surface area contributed by atoms with Crippen molar-refractivity contribution in [3.05, 3.63) is 0 Å². The summed E-state index contributed by atoms with van der Waals surface area (Å²) in [4.78, 5) is 23.2. The van der Waals surface area contributed by atoms with Gasteiger partial charge in [0.15, 0.2) is 0 Å². The maximum absolute atomic E-state index is 9.10. The van der Waals surface area contributed by atoms with E-state index in [1.54, 1.807) is 0 Å². The van der Waals surface area contributed by atoms with Crippen molar-refractivity contribution >= 4 is 11.9 Å². The van der Waals surface area contributed by atoms with Gasteiger partial charge >= 0.3 is 11.9 Å². The van der Waals surface area contributed by atoms with E-state index in [0.717, 1.165) is 12.6 Å². The van der Waals surface area contributed by atoms with Crippen LogP contribution in [0, 0.1) is 0 Å². The molecule has 0 radical (unpaired) electrons. The molecular weight excluding hydrogens is 286 g/mol. The molecule has 1 fully saturated rings. The second-order valence-corrected chi connectivity index (χ2v) is 5.30. The molecule has 1 rings (SSSR count). The number of rotatable bonds is 7. The highest BCUT2D eigenvalue weighted by atomic mass is 16.4. The number of piperidine rings is 1. The van der Waals surface area contributed by atoms with E-state index in [2.05, 4.69) is 35.9 Å². The van der Waals surface area contributed by atoms with Gasteiger partial charge in [-0.3, -0.25) is 0 Å². The average Bonchev–Trinajstić information content (AvgIpc) is 2.52. The first-order valence-electron chi connectivity index (χ1n) is 8.08. The second-order valence-electron chi connectivity index (χ2n) is 5.30. The maximum atomic E-state index is 9.10. The molecular formula is C15H31N3O4. The van der Waals surface area contributed by atoms with Crippen LogP contribution in [-0.4, -0.2) is 83.8 Å². The van der Waals surface area contributed by atoms with Gasteiger partial charge < -0.3 is 25.3 Å². The summed E-state index contributed by atoms with van der Waals surface area (Å²) in [6.07, 6.45) is 2.65. The van der Waals surface area contributed by atoms with Crippen molar-refractivity contribution in [1.82, 2.24) is 15.1 Å². The molecule has 0 aromatic heterocycles. The van der Waals surface area contributed by atoms with E-state index < -0.39 is 11.9 Å². The number of nitrogens with zero attached hydrogens (tertiary/aromatic N) is 2. The fraction of sp³-hybridized carbons (Fsp3) is 0.867. The van der Waals surface area contributed by atoms with E-state index in [1.165, 1.54) is 52.1 Å². The van der Waals surface area contributed by atoms with Gasteiger partial charge in [-0.15, -0.1) is 0 Å². The van der Waals surface area contributed by atoms with Crippen molar-refractivity contribution < 1.29 is 19.8 Å². The largest absolute Gasteiger partial charge is 0.473 e. The third-order valence-electron chi connectivity index (χ3n) is 3.97. The Morgan fingerprint density at radius 2 is 1.59 bits per heavy atom. The van der Waals surface area contributed by atoms with Crippen molar-refractivity contribution in [3.8, 4) is 0 Å². The molecule has 130 valence electrons. The molecule has 0 spiro atoms. The van der Waals surface area contributed by atoms with Crippen molar-refractivity contribution in [2.75, 3.05) is 45.8 Å². The average molecular weight is 317 g/mol. The maximum Gasteiger partial charge on any atom is 0.414 e. The molecule has 1 aliphatic rings. The van der Waals surface area contributed by atoms with Crippen LogP contribution in [0.3, 0.4) is 0 Å². The lowest BCUT2D eigenvalue weighted by atomic mass is 10.1. The zero-order valence-corrected chi connectivity index (χ0v) is 14.0. The molecule has 0 aromatic carbocycles. The van der Waals surface area contributed by atoms with Crippen LogP contribution in [0.5, 0.6) is 0 Å². The Balaban J connectivity index is 0.000000626. The van der Waals surface area contributed by atoms with Gasteiger partial charge in [0.25, 0.3) is 0 Å². The molecule has 0 aliphatic carbocycles. The van der Waals surface area contributed by atoms with E-state index in [-0.39, 0.29) is 0 Å². The first-order chi connectivity index (χ1) is 10.4. The normalized spacial score (nSPS) is 16.2. The van der Waals surface area contributed by atoms with E-state index in [1.807, 2.05) is 0 Å². The minimum absolute atomic E-state index is 0.762. The molecule has 1 heterocycles. The predicted molar refractivity (Wildman–Crippen MR) is 86.2 cm³/mol. The van der Waals surface area contributed by atoms with Crippen molar-refractivity contribution in [1.29, 1.82) is 0 Å². The van der Waals surface area contributed by atoms with Gasteiger partial charge in [0, 0.05) is 19.1 Å². The van der Waals surface area contributed by atoms with Crippen molar-refractivity contribution in [2.24, 2.45) is 0 Å². The molecule has 0 atom stereocenters. The molecule has 3 N–H and O–H groups in total. The van der Waals surface area contributed by atoms with Gasteiger partial charge in [-0.05, 0) is 45.6 Å². The monoisotopic (exact) mass is 317 g/mol. The Kier molecular flexibility index (Phi) is 11.7. The van der Waals surface area contributed by atoms with E-state index >= 15 is 0 Å². The number of carboxylic acids is 2. The number of carbonyl (C=O) groups is 2. The molecule has 0 aromatic rings. The lowest BCUT2D eigenvalue weighted by molar-refractivity contribution is -0.159. The third kappa shape index (κ3) is 9.70. The number of aliphatic carboxylic acids is 2. The SMILES string of the molecule is CCN(CC)CCNC1CCN(CC)CC1.O=C(O)C(=O)O. The Bertz CT molecular complexity index is 302. The number of hydrogen-bond acceptors (Lipinski definition) is 5. The molecule has 0 bridgehead atoms. The van der Waals surface area contributed by atoms with E-state index in [4.69, 9.17) is 19.8 Å². The highest BCUT2D eigenvalue weighted by molar-refractivity contribution is 6.27. The van der Waals surface area contributed by atoms with E-state index in [9.17, 15) is 0 Å². The van der Waals surface area contributed by atoms with Crippen LogP contribution in [0.4, 0.5) is 0 Å². The standard InChI is InChI=1S/C13H29N3.C2H2O4/c1-4-15(5-2)12-9-14-13-7-10-16(6-3)11-8-13;3-1(4)2(5)6/h13-14H,4-12H2,1-3H3;(H,3,4)(H,5,6). The first-order valence-corrected chi connectivity index (χ1v) is 8.08. The van der Waals surface area contributed by atoms with Gasteiger partial charge in [-0.1, -0.05) is 20.8 Å². The predicted octanol–water partition coefficient (Wildman–Crippen LogP) is 0.558. The summed E-state index contributed by atoms with van der Waals surface area (Å²) in [5.74, 6) is -3.65. The van der Waals surface area contributed by atoms with E-state index in [0.29, 0.717) is 0 Å². The van der Waals surface area contributed by atoms with Crippen LogP contribution < -0.4 is 5.32 Å². The highest BCUT2D eigenvalue weighted by Crippen LogP contribution is 2.09. The fourth-order valence-electron chi connectivity index (χ4n) is 2.42. The molecule has 7 nitrogen and oxygen atoms in total. The Hall–Kier alpha value is -1.18. The van der Waals surface area contributed by atoms with Crippen LogP contribution in [-0.2, 0) is 9.59 Å². The van der Waals surface area contributed by atoms with Gasteiger partial charge in [0.1, 0.15) is 0 Å². The zero-order valence-electron chi connectivity index (χ0n) is 14.0. The summed E-state index contributed by atoms with van der Waals surface area (Å²) in [6.45, 7) is 15.2. The third-order valence-corrected chi connectivity index (χ3v) is 3.97. The number of nitrogens with one attached hydrogen (secondary N) is 1. The topological polar surface area (TPSA) is 93.1 Å². The van der Waals surface area contributed by atoms with Crippen molar-refractivity contribution in [2.45, 2.75) is 39.7 Å². The lowest BCUT2D eigenvalue weighted by Crippen LogP contribution is -2.44. The Labute approximate surface area is 133 Å². The molecule has 7 heteroatoms. The van der Waals surface area contributed by atoms with Gasteiger partial charge in [0.05, 0.1) is 0 Å². The summed E-state index contributed by atoms with van der Waals surface area (Å²) >= 11 is 0. The number of likely N-dealkylation sites (tertiary alicyclic amines) is 1. The Morgan fingerprint density at radius 3 is 1.95 bits per heavy atom. The minimum Gasteiger partial charge on any atom is -0.473 e. The van der Waals surface area contributed by atoms with Crippen LogP contribution >= 0.6 is 0 Å². The minimum atomic E-state index is -1.82. The molecule has 22 heavy (non-hydrogen) atoms. The zero-order chi connectivity index (χ0) is 17.0. The van der Waals surface area contributed by atoms with Crippen LogP contribution in [0.15, 0.2) is 0 Å². The number of likely N-dealkylation sites (N-methyl/N-ethyl adjacent to an activating group) is 1. The van der Waals surface area contributed by atoms with Gasteiger partial charge in [-0.2, -0.15) is 0 Å². The molecule has 1 saturated heterocycles. The van der Waals surface area contributed by atoms with Crippen LogP contribution in [0.25, 0.3) is 0 Å². The second kappa shape index (κ2) is 12.4. The first kappa shape index (κ1) is 20.8. The van der Waals surface area contributed by atoms with Gasteiger partial charge in [0.2, 0.25) is 0 Å². The quantitative estimate of drug-likeness (QED) is 0.591. The summed E-state index contributed by atoms with van der Waals surface area (Å²) in [5, 5.41) is 18.5. The molecule has 0 amide bonds. The molecule has 1 aliphatic heterocycles. The summed E-state index contributed by atoms with van der Waals surface area (Å²) in [5.41, 5.74) is 0. The van der Waals surface area contributed by atoms with Crippen LogP contribution in [0.1, 0.15) is 33.6 Å². The summed E-state index contributed by atoms with van der Waals surface area (Å²) in [6, 6.07) is 0.762. The summed E-state index contributed by atoms with van der Waals surface area (Å²) < 4.78 is 0.